The second-order valence-corrected chi connectivity index (χ2v) is 5.83. The summed E-state index contributed by atoms with van der Waals surface area (Å²) in [4.78, 5) is 24.6. The molecular formula is C17H12Cl2N2O3. The van der Waals surface area contributed by atoms with Crippen LogP contribution in [0.2, 0.25) is 10.0 Å². The number of halogens is 2. The molecule has 0 saturated carbocycles. The quantitative estimate of drug-likeness (QED) is 0.671. The Morgan fingerprint density at radius 3 is 2.38 bits per heavy atom. The number of benzene rings is 2. The predicted molar refractivity (Wildman–Crippen MR) is 93.1 cm³/mol. The molecule has 1 aliphatic rings. The Morgan fingerprint density at radius 1 is 1.04 bits per heavy atom. The van der Waals surface area contributed by atoms with E-state index in [9.17, 15) is 9.59 Å². The summed E-state index contributed by atoms with van der Waals surface area (Å²) in [5.74, 6) is -0.257. The number of nitrogens with zero attached hydrogens (tertiary/aromatic N) is 1. The second-order valence-electron chi connectivity index (χ2n) is 5.01. The Morgan fingerprint density at radius 2 is 1.75 bits per heavy atom. The average molecular weight is 363 g/mol. The van der Waals surface area contributed by atoms with Gasteiger partial charge in [-0.2, -0.15) is 0 Å². The number of rotatable bonds is 3. The van der Waals surface area contributed by atoms with Crippen molar-refractivity contribution in [3.05, 3.63) is 63.6 Å². The number of ether oxygens (including phenoxy) is 1. The first kappa shape index (κ1) is 16.4. The molecule has 122 valence electrons. The first-order chi connectivity index (χ1) is 11.5. The Bertz CT molecular complexity index is 847. The van der Waals surface area contributed by atoms with Gasteiger partial charge in [0.2, 0.25) is 0 Å². The summed E-state index contributed by atoms with van der Waals surface area (Å²) in [6.07, 6.45) is 1.52. The largest absolute Gasteiger partial charge is 0.497 e. The van der Waals surface area contributed by atoms with Crippen LogP contribution in [-0.4, -0.2) is 18.9 Å². The van der Waals surface area contributed by atoms with Gasteiger partial charge in [-0.3, -0.25) is 15.0 Å². The number of hydrogen-bond acceptors (Lipinski definition) is 3. The van der Waals surface area contributed by atoms with E-state index in [1.54, 1.807) is 43.5 Å². The lowest BCUT2D eigenvalue weighted by molar-refractivity contribution is -0.117. The summed E-state index contributed by atoms with van der Waals surface area (Å²) in [6.45, 7) is 0. The molecular weight excluding hydrogens is 351 g/mol. The maximum absolute atomic E-state index is 12.5. The highest BCUT2D eigenvalue weighted by Crippen LogP contribution is 2.29. The van der Waals surface area contributed by atoms with Crippen molar-refractivity contribution in [3.8, 4) is 5.75 Å². The molecule has 0 atom stereocenters. The van der Waals surface area contributed by atoms with Crippen LogP contribution in [0, 0.1) is 0 Å². The molecule has 1 aliphatic heterocycles. The molecule has 7 heteroatoms. The number of methoxy groups -OCH3 is 1. The standard InChI is InChI=1S/C17H12Cl2N2O3/c1-24-12-5-2-10(3-6-12)8-13-16(22)20-21(17(13)23)11-4-7-14(18)15(19)9-11/h2-9H,1H3,(H,20,22)/b13-8+. The molecule has 1 saturated heterocycles. The average Bonchev–Trinajstić information content (AvgIpc) is 2.86. The van der Waals surface area contributed by atoms with Gasteiger partial charge >= 0.3 is 0 Å². The van der Waals surface area contributed by atoms with Gasteiger partial charge in [-0.05, 0) is 42.0 Å². The normalized spacial score (nSPS) is 15.8. The summed E-state index contributed by atoms with van der Waals surface area (Å²) in [7, 11) is 1.57. The smallest absolute Gasteiger partial charge is 0.282 e. The highest BCUT2D eigenvalue weighted by Gasteiger charge is 2.34. The van der Waals surface area contributed by atoms with Crippen LogP contribution in [0.25, 0.3) is 6.08 Å². The number of carbonyl (C=O) groups excluding carboxylic acids is 2. The van der Waals surface area contributed by atoms with E-state index in [1.165, 1.54) is 12.1 Å². The molecule has 24 heavy (non-hydrogen) atoms. The Balaban J connectivity index is 1.90. The van der Waals surface area contributed by atoms with E-state index >= 15 is 0 Å². The van der Waals surface area contributed by atoms with Crippen LogP contribution < -0.4 is 15.2 Å². The minimum absolute atomic E-state index is 0.0336. The lowest BCUT2D eigenvalue weighted by atomic mass is 10.1. The first-order valence-corrected chi connectivity index (χ1v) is 7.71. The summed E-state index contributed by atoms with van der Waals surface area (Å²) in [5.41, 5.74) is 3.69. The molecule has 1 heterocycles. The molecule has 1 fully saturated rings. The lowest BCUT2D eigenvalue weighted by Gasteiger charge is -2.15. The third-order valence-electron chi connectivity index (χ3n) is 3.48. The van der Waals surface area contributed by atoms with Gasteiger partial charge in [-0.1, -0.05) is 35.3 Å². The summed E-state index contributed by atoms with van der Waals surface area (Å²) < 4.78 is 5.08. The lowest BCUT2D eigenvalue weighted by Crippen LogP contribution is -2.35. The molecule has 0 aliphatic carbocycles. The van der Waals surface area contributed by atoms with Crippen molar-refractivity contribution >= 4 is 46.8 Å². The number of nitrogens with one attached hydrogen (secondary N) is 1. The Hall–Kier alpha value is -2.50. The van der Waals surface area contributed by atoms with Crippen LogP contribution in [-0.2, 0) is 9.59 Å². The van der Waals surface area contributed by atoms with Crippen molar-refractivity contribution in [2.75, 3.05) is 12.1 Å². The maximum atomic E-state index is 12.5. The number of hydrogen-bond donors (Lipinski definition) is 1. The van der Waals surface area contributed by atoms with E-state index in [-0.39, 0.29) is 5.57 Å². The minimum atomic E-state index is -0.484. The highest BCUT2D eigenvalue weighted by molar-refractivity contribution is 6.42. The second kappa shape index (κ2) is 6.55. The van der Waals surface area contributed by atoms with E-state index in [0.717, 1.165) is 5.01 Å². The molecule has 5 nitrogen and oxygen atoms in total. The summed E-state index contributed by atoms with van der Waals surface area (Å²) in [5, 5.41) is 1.80. The zero-order chi connectivity index (χ0) is 17.3. The third-order valence-corrected chi connectivity index (χ3v) is 4.22. The van der Waals surface area contributed by atoms with Gasteiger partial charge in [-0.25, -0.2) is 5.01 Å². The molecule has 3 rings (SSSR count). The molecule has 2 aromatic carbocycles. The van der Waals surface area contributed by atoms with Crippen molar-refractivity contribution < 1.29 is 14.3 Å². The molecule has 1 N–H and O–H groups in total. The van der Waals surface area contributed by atoms with Gasteiger partial charge in [0.05, 0.1) is 22.8 Å². The molecule has 0 spiro atoms. The van der Waals surface area contributed by atoms with Gasteiger partial charge in [0.15, 0.2) is 0 Å². The van der Waals surface area contributed by atoms with E-state index < -0.39 is 11.8 Å². The van der Waals surface area contributed by atoms with E-state index in [0.29, 0.717) is 27.0 Å². The van der Waals surface area contributed by atoms with E-state index in [2.05, 4.69) is 5.43 Å². The van der Waals surface area contributed by atoms with Crippen LogP contribution in [0.15, 0.2) is 48.0 Å². The van der Waals surface area contributed by atoms with Gasteiger partial charge < -0.3 is 4.74 Å². The van der Waals surface area contributed by atoms with E-state index in [1.807, 2.05) is 0 Å². The molecule has 0 radical (unpaired) electrons. The number of hydrazine groups is 1. The van der Waals surface area contributed by atoms with Crippen molar-refractivity contribution in [3.63, 3.8) is 0 Å². The van der Waals surface area contributed by atoms with Crippen LogP contribution in [0.3, 0.4) is 0 Å². The molecule has 2 aromatic rings. The topological polar surface area (TPSA) is 58.6 Å². The van der Waals surface area contributed by atoms with Crippen LogP contribution in [0.4, 0.5) is 5.69 Å². The van der Waals surface area contributed by atoms with Crippen LogP contribution in [0.5, 0.6) is 5.75 Å². The molecule has 0 bridgehead atoms. The van der Waals surface area contributed by atoms with Crippen molar-refractivity contribution in [2.45, 2.75) is 0 Å². The van der Waals surface area contributed by atoms with E-state index in [4.69, 9.17) is 27.9 Å². The van der Waals surface area contributed by atoms with Gasteiger partial charge in [0, 0.05) is 0 Å². The van der Waals surface area contributed by atoms with Crippen molar-refractivity contribution in [1.82, 2.24) is 5.43 Å². The monoisotopic (exact) mass is 362 g/mol. The van der Waals surface area contributed by atoms with Crippen molar-refractivity contribution in [1.29, 1.82) is 0 Å². The maximum Gasteiger partial charge on any atom is 0.282 e. The number of anilines is 1. The predicted octanol–water partition coefficient (Wildman–Crippen LogP) is 3.46. The SMILES string of the molecule is COc1ccc(/C=C2\C(=O)NN(c3ccc(Cl)c(Cl)c3)C2=O)cc1. The Kier molecular flexibility index (Phi) is 4.46. The van der Waals surface area contributed by atoms with Crippen LogP contribution >= 0.6 is 23.2 Å². The number of amides is 2. The molecule has 0 aromatic heterocycles. The minimum Gasteiger partial charge on any atom is -0.497 e. The number of carbonyl (C=O) groups is 2. The fourth-order valence-electron chi connectivity index (χ4n) is 2.23. The van der Waals surface area contributed by atoms with Gasteiger partial charge in [0.25, 0.3) is 11.8 Å². The van der Waals surface area contributed by atoms with Crippen LogP contribution in [0.1, 0.15) is 5.56 Å². The summed E-state index contributed by atoms with van der Waals surface area (Å²) in [6, 6.07) is 11.7. The zero-order valence-electron chi connectivity index (χ0n) is 12.5. The fraction of sp³-hybridized carbons (Fsp3) is 0.0588. The van der Waals surface area contributed by atoms with Gasteiger partial charge in [0.1, 0.15) is 11.3 Å². The van der Waals surface area contributed by atoms with Gasteiger partial charge in [-0.15, -0.1) is 0 Å². The highest BCUT2D eigenvalue weighted by atomic mass is 35.5. The molecule has 0 unspecified atom stereocenters. The Labute approximate surface area is 148 Å². The first-order valence-electron chi connectivity index (χ1n) is 6.96. The summed E-state index contributed by atoms with van der Waals surface area (Å²) >= 11 is 11.8. The third kappa shape index (κ3) is 3.09. The van der Waals surface area contributed by atoms with Crippen molar-refractivity contribution in [2.24, 2.45) is 0 Å². The fourth-order valence-corrected chi connectivity index (χ4v) is 2.52. The zero-order valence-corrected chi connectivity index (χ0v) is 14.1. The molecule has 2 amide bonds.